The fourth-order valence-electron chi connectivity index (χ4n) is 5.37. The predicted molar refractivity (Wildman–Crippen MR) is 171 cm³/mol. The summed E-state index contributed by atoms with van der Waals surface area (Å²) in [4.78, 5) is 45.8. The van der Waals surface area contributed by atoms with Crippen LogP contribution in [0.3, 0.4) is 0 Å². The molecule has 5 rings (SSSR count). The van der Waals surface area contributed by atoms with Crippen molar-refractivity contribution in [2.45, 2.75) is 58.3 Å². The molecule has 0 unspecified atom stereocenters. The first kappa shape index (κ1) is 32.4. The van der Waals surface area contributed by atoms with Crippen LogP contribution in [-0.2, 0) is 22.5 Å². The van der Waals surface area contributed by atoms with Crippen LogP contribution in [0.15, 0.2) is 72.9 Å². The van der Waals surface area contributed by atoms with Gasteiger partial charge in [0, 0.05) is 36.3 Å². The Hall–Kier alpha value is -4.99. The number of nitrogens with one attached hydrogen (secondary N) is 1. The quantitative estimate of drug-likeness (QED) is 0.224. The van der Waals surface area contributed by atoms with Crippen LogP contribution in [0, 0.1) is 5.82 Å². The number of halogens is 1. The Kier molecular flexibility index (Phi) is 9.84. The van der Waals surface area contributed by atoms with Crippen LogP contribution in [0.25, 0.3) is 10.9 Å². The van der Waals surface area contributed by atoms with E-state index in [1.807, 2.05) is 57.2 Å². The Bertz CT molecular complexity index is 1710. The summed E-state index contributed by atoms with van der Waals surface area (Å²) in [5.41, 5.74) is 2.61. The van der Waals surface area contributed by atoms with Crippen LogP contribution in [0.4, 0.5) is 9.18 Å². The smallest absolute Gasteiger partial charge is 0.410 e. The molecule has 3 aromatic carbocycles. The van der Waals surface area contributed by atoms with Crippen molar-refractivity contribution >= 4 is 28.9 Å². The minimum Gasteiger partial charge on any atom is -0.486 e. The number of methoxy groups -OCH3 is 1. The summed E-state index contributed by atoms with van der Waals surface area (Å²) in [6.07, 6.45) is 2.82. The molecule has 0 aliphatic carbocycles. The van der Waals surface area contributed by atoms with Gasteiger partial charge in [0.25, 0.3) is 5.91 Å². The number of rotatable bonds is 8. The molecule has 9 nitrogen and oxygen atoms in total. The Morgan fingerprint density at radius 2 is 1.63 bits per heavy atom. The van der Waals surface area contributed by atoms with Gasteiger partial charge in [-0.05, 0) is 81.0 Å². The average molecular weight is 628 g/mol. The second-order valence-corrected chi connectivity index (χ2v) is 12.3. The predicted octanol–water partition coefficient (Wildman–Crippen LogP) is 6.46. The number of likely N-dealkylation sites (tertiary alicyclic amines) is 1. The van der Waals surface area contributed by atoms with Gasteiger partial charge in [-0.15, -0.1) is 0 Å². The van der Waals surface area contributed by atoms with E-state index in [1.54, 1.807) is 23.2 Å². The van der Waals surface area contributed by atoms with Crippen molar-refractivity contribution in [1.82, 2.24) is 15.2 Å². The average Bonchev–Trinajstić information content (AvgIpc) is 3.04. The summed E-state index contributed by atoms with van der Waals surface area (Å²) >= 11 is 0. The maximum Gasteiger partial charge on any atom is 0.410 e. The highest BCUT2D eigenvalue weighted by atomic mass is 19.1. The minimum absolute atomic E-state index is 0.0783. The molecule has 0 radical (unpaired) electrons. The van der Waals surface area contributed by atoms with E-state index in [2.05, 4.69) is 10.3 Å². The molecular weight excluding hydrogens is 589 g/mol. The first-order valence-electron chi connectivity index (χ1n) is 15.2. The Morgan fingerprint density at radius 1 is 0.935 bits per heavy atom. The van der Waals surface area contributed by atoms with Gasteiger partial charge in [0.05, 0.1) is 7.11 Å². The molecule has 1 aromatic heterocycles. The summed E-state index contributed by atoms with van der Waals surface area (Å²) in [6.45, 7) is 6.50. The monoisotopic (exact) mass is 627 g/mol. The van der Waals surface area contributed by atoms with Gasteiger partial charge < -0.3 is 24.4 Å². The van der Waals surface area contributed by atoms with Gasteiger partial charge in [0.1, 0.15) is 29.1 Å². The van der Waals surface area contributed by atoms with Crippen molar-refractivity contribution in [3.8, 4) is 5.75 Å². The van der Waals surface area contributed by atoms with E-state index in [9.17, 15) is 18.8 Å². The molecule has 4 aromatic rings. The van der Waals surface area contributed by atoms with Crippen molar-refractivity contribution in [3.05, 3.63) is 107 Å². The van der Waals surface area contributed by atoms with Crippen molar-refractivity contribution in [2.24, 2.45) is 0 Å². The number of benzene rings is 3. The van der Waals surface area contributed by atoms with Crippen LogP contribution in [0.5, 0.6) is 5.75 Å². The molecule has 1 aliphatic rings. The second-order valence-electron chi connectivity index (χ2n) is 12.3. The lowest BCUT2D eigenvalue weighted by atomic mass is 9.97. The maximum absolute atomic E-state index is 13.9. The summed E-state index contributed by atoms with van der Waals surface area (Å²) in [5.74, 6) is -1.17. The van der Waals surface area contributed by atoms with Gasteiger partial charge in [-0.3, -0.25) is 9.78 Å². The number of piperidine rings is 1. The van der Waals surface area contributed by atoms with Gasteiger partial charge in [0.15, 0.2) is 5.75 Å². The highest BCUT2D eigenvalue weighted by Crippen LogP contribution is 2.34. The number of carbonyl (C=O) groups is 3. The standard InChI is InChI=1S/C36H38FN3O6/c1-36(2,3)46-35(43)40-16-14-27(15-17-40)39-33(41)29-20-30(34(42)44-4)32(45-22-24-8-6-5-7-9-24)31-28(29)19-25(21-38-31)18-23-10-12-26(37)13-11-23/h5-13,19-21,27H,14-18,22H2,1-4H3,(H,39,41). The van der Waals surface area contributed by atoms with Crippen LogP contribution >= 0.6 is 0 Å². The number of hydrogen-bond donors (Lipinski definition) is 1. The van der Waals surface area contributed by atoms with Crippen LogP contribution in [-0.4, -0.2) is 59.7 Å². The topological polar surface area (TPSA) is 107 Å². The van der Waals surface area contributed by atoms with E-state index in [1.165, 1.54) is 25.3 Å². The fraction of sp³-hybridized carbons (Fsp3) is 0.333. The van der Waals surface area contributed by atoms with Gasteiger partial charge in [0.2, 0.25) is 0 Å². The Labute approximate surface area is 267 Å². The van der Waals surface area contributed by atoms with Crippen molar-refractivity contribution in [2.75, 3.05) is 20.2 Å². The second kappa shape index (κ2) is 14.0. The Balaban J connectivity index is 1.47. The van der Waals surface area contributed by atoms with Crippen molar-refractivity contribution < 1.29 is 33.0 Å². The van der Waals surface area contributed by atoms with E-state index >= 15 is 0 Å². The van der Waals surface area contributed by atoms with Crippen molar-refractivity contribution in [3.63, 3.8) is 0 Å². The molecule has 1 N–H and O–H groups in total. The molecule has 0 atom stereocenters. The summed E-state index contributed by atoms with van der Waals surface area (Å²) in [6, 6.07) is 18.8. The lowest BCUT2D eigenvalue weighted by molar-refractivity contribution is 0.0199. The fourth-order valence-corrected chi connectivity index (χ4v) is 5.37. The normalized spacial score (nSPS) is 13.7. The number of ether oxygens (including phenoxy) is 3. The number of esters is 1. The Morgan fingerprint density at radius 3 is 2.28 bits per heavy atom. The molecular formula is C36H38FN3O6. The summed E-state index contributed by atoms with van der Waals surface area (Å²) in [5, 5.41) is 3.59. The van der Waals surface area contributed by atoms with Gasteiger partial charge in [-0.25, -0.2) is 14.0 Å². The minimum atomic E-state index is -0.665. The van der Waals surface area contributed by atoms with E-state index in [4.69, 9.17) is 14.2 Å². The van der Waals surface area contributed by atoms with Gasteiger partial charge in [-0.1, -0.05) is 42.5 Å². The first-order valence-corrected chi connectivity index (χ1v) is 15.2. The first-order chi connectivity index (χ1) is 22.0. The number of nitrogens with zero attached hydrogens (tertiary/aromatic N) is 2. The number of pyridine rings is 1. The molecule has 1 saturated heterocycles. The molecule has 46 heavy (non-hydrogen) atoms. The molecule has 0 saturated carbocycles. The third-order valence-corrected chi connectivity index (χ3v) is 7.66. The van der Waals surface area contributed by atoms with E-state index < -0.39 is 11.6 Å². The summed E-state index contributed by atoms with van der Waals surface area (Å²) in [7, 11) is 1.27. The highest BCUT2D eigenvalue weighted by Gasteiger charge is 2.29. The molecule has 0 spiro atoms. The van der Waals surface area contributed by atoms with E-state index in [-0.39, 0.29) is 47.3 Å². The maximum atomic E-state index is 13.9. The number of amides is 2. The zero-order valence-electron chi connectivity index (χ0n) is 26.5. The third-order valence-electron chi connectivity index (χ3n) is 7.66. The zero-order valence-corrected chi connectivity index (χ0v) is 26.5. The molecule has 10 heteroatoms. The highest BCUT2D eigenvalue weighted by molar-refractivity contribution is 6.12. The molecule has 1 aliphatic heterocycles. The summed E-state index contributed by atoms with van der Waals surface area (Å²) < 4.78 is 30.3. The molecule has 240 valence electrons. The molecule has 0 bridgehead atoms. The third kappa shape index (κ3) is 7.99. The SMILES string of the molecule is COC(=O)c1cc(C(=O)NC2CCN(C(=O)OC(C)(C)C)CC2)c2cc(Cc3ccc(F)cc3)cnc2c1OCc1ccccc1. The largest absolute Gasteiger partial charge is 0.486 e. The van der Waals surface area contributed by atoms with Gasteiger partial charge in [-0.2, -0.15) is 0 Å². The van der Waals surface area contributed by atoms with Crippen LogP contribution < -0.4 is 10.1 Å². The molecule has 2 heterocycles. The van der Waals surface area contributed by atoms with E-state index in [0.717, 1.165) is 16.7 Å². The number of aromatic nitrogens is 1. The van der Waals surface area contributed by atoms with Crippen molar-refractivity contribution in [1.29, 1.82) is 0 Å². The molecule has 1 fully saturated rings. The van der Waals surface area contributed by atoms with E-state index in [0.29, 0.717) is 43.3 Å². The van der Waals surface area contributed by atoms with Crippen LogP contribution in [0.1, 0.15) is 71.0 Å². The van der Waals surface area contributed by atoms with Gasteiger partial charge >= 0.3 is 12.1 Å². The van der Waals surface area contributed by atoms with Crippen LogP contribution in [0.2, 0.25) is 0 Å². The number of fused-ring (bicyclic) bond motifs is 1. The zero-order chi connectivity index (χ0) is 32.8. The lowest BCUT2D eigenvalue weighted by Crippen LogP contribution is -2.47. The number of carbonyl (C=O) groups excluding carboxylic acids is 3. The lowest BCUT2D eigenvalue weighted by Gasteiger charge is -2.33. The molecule has 2 amide bonds. The number of hydrogen-bond acceptors (Lipinski definition) is 7.